The number of amides is 1. The number of carbonyl (C=O) groups excluding carboxylic acids is 1. The Morgan fingerprint density at radius 2 is 1.78 bits per heavy atom. The molecule has 1 amide bonds. The molecule has 0 atom stereocenters. The lowest BCUT2D eigenvalue weighted by Crippen LogP contribution is -2.16. The van der Waals surface area contributed by atoms with Gasteiger partial charge >= 0.3 is 6.18 Å². The lowest BCUT2D eigenvalue weighted by molar-refractivity contribution is -0.137. The van der Waals surface area contributed by atoms with Crippen molar-refractivity contribution >= 4 is 29.3 Å². The summed E-state index contributed by atoms with van der Waals surface area (Å²) in [7, 11) is 0. The van der Waals surface area contributed by atoms with Crippen molar-refractivity contribution in [2.45, 2.75) is 18.0 Å². The molecule has 0 fully saturated rings. The smallest absolute Gasteiger partial charge is 0.418 e. The minimum atomic E-state index is -4.95. The first kappa shape index (κ1) is 23.9. The summed E-state index contributed by atoms with van der Waals surface area (Å²) in [6.45, 7) is 1.48. The second-order valence-electron chi connectivity index (χ2n) is 6.71. The van der Waals surface area contributed by atoms with Gasteiger partial charge in [-0.2, -0.15) is 13.2 Å². The first-order valence-corrected chi connectivity index (χ1v) is 10.6. The Hall–Kier alpha value is -2.78. The zero-order valence-corrected chi connectivity index (χ0v) is 18.2. The summed E-state index contributed by atoms with van der Waals surface area (Å²) in [5, 5.41) is -0.778. The fourth-order valence-electron chi connectivity index (χ4n) is 3.13. The van der Waals surface area contributed by atoms with Gasteiger partial charge in [0.05, 0.1) is 16.1 Å². The molecule has 3 nitrogen and oxygen atoms in total. The molecule has 10 heteroatoms. The van der Waals surface area contributed by atoms with E-state index in [2.05, 4.69) is 0 Å². The van der Waals surface area contributed by atoms with Crippen molar-refractivity contribution in [3.63, 3.8) is 0 Å². The molecular weight excluding hydrogens is 473 g/mol. The number of aryl methyl sites for hydroxylation is 1. The normalized spacial score (nSPS) is 11.5. The molecule has 0 heterocycles. The number of benzene rings is 3. The molecule has 168 valence electrons. The summed E-state index contributed by atoms with van der Waals surface area (Å²) in [5.41, 5.74) is 3.29. The van der Waals surface area contributed by atoms with Gasteiger partial charge in [-0.05, 0) is 60.7 Å². The van der Waals surface area contributed by atoms with Gasteiger partial charge in [0.25, 0.3) is 5.91 Å². The Morgan fingerprint density at radius 3 is 2.34 bits per heavy atom. The van der Waals surface area contributed by atoms with Crippen LogP contribution in [0, 0.1) is 18.6 Å². The number of primary amides is 1. The van der Waals surface area contributed by atoms with E-state index < -0.39 is 51.2 Å². The fraction of sp³-hybridized carbons (Fsp3) is 0.136. The lowest BCUT2D eigenvalue weighted by Gasteiger charge is -2.22. The fourth-order valence-corrected chi connectivity index (χ4v) is 3.94. The quantitative estimate of drug-likeness (QED) is 0.305. The highest BCUT2D eigenvalue weighted by Crippen LogP contribution is 2.49. The Bertz CT molecular complexity index is 1210. The summed E-state index contributed by atoms with van der Waals surface area (Å²) in [4.78, 5) is 12.2. The van der Waals surface area contributed by atoms with Gasteiger partial charge in [0.1, 0.15) is 23.1 Å². The number of thioether (sulfide) groups is 1. The number of alkyl halides is 3. The van der Waals surface area contributed by atoms with Crippen molar-refractivity contribution < 1.29 is 31.5 Å². The maximum absolute atomic E-state index is 14.1. The number of hydrogen-bond donors (Lipinski definition) is 1. The highest BCUT2D eigenvalue weighted by atomic mass is 35.5. The molecule has 32 heavy (non-hydrogen) atoms. The van der Waals surface area contributed by atoms with E-state index in [0.29, 0.717) is 0 Å². The van der Waals surface area contributed by atoms with E-state index >= 15 is 0 Å². The van der Waals surface area contributed by atoms with Crippen LogP contribution in [0.4, 0.5) is 22.0 Å². The molecule has 0 spiro atoms. The van der Waals surface area contributed by atoms with Crippen LogP contribution >= 0.6 is 23.4 Å². The average Bonchev–Trinajstić information content (AvgIpc) is 2.69. The largest absolute Gasteiger partial charge is 0.456 e. The van der Waals surface area contributed by atoms with Gasteiger partial charge in [0.2, 0.25) is 0 Å². The maximum atomic E-state index is 14.1. The predicted octanol–water partition coefficient (Wildman–Crippen LogP) is 7.23. The van der Waals surface area contributed by atoms with Crippen molar-refractivity contribution in [3.05, 3.63) is 75.8 Å². The Balaban J connectivity index is 2.43. The Labute approximate surface area is 189 Å². The van der Waals surface area contributed by atoms with E-state index in [1.54, 1.807) is 6.26 Å². The highest BCUT2D eigenvalue weighted by Gasteiger charge is 2.40. The van der Waals surface area contributed by atoms with Crippen molar-refractivity contribution in [1.29, 1.82) is 0 Å². The summed E-state index contributed by atoms with van der Waals surface area (Å²) < 4.78 is 75.4. The summed E-state index contributed by atoms with van der Waals surface area (Å²) >= 11 is 6.92. The topological polar surface area (TPSA) is 52.3 Å². The summed E-state index contributed by atoms with van der Waals surface area (Å²) in [6, 6.07) is 7.45. The third kappa shape index (κ3) is 4.68. The highest BCUT2D eigenvalue weighted by molar-refractivity contribution is 7.98. The van der Waals surface area contributed by atoms with Gasteiger partial charge in [-0.1, -0.05) is 17.7 Å². The van der Waals surface area contributed by atoms with Crippen LogP contribution in [-0.2, 0) is 6.18 Å². The third-order valence-corrected chi connectivity index (χ3v) is 5.62. The van der Waals surface area contributed by atoms with Gasteiger partial charge in [-0.25, -0.2) is 8.78 Å². The van der Waals surface area contributed by atoms with Crippen LogP contribution in [0.25, 0.3) is 11.1 Å². The molecule has 3 rings (SSSR count). The molecule has 0 saturated carbocycles. The zero-order valence-electron chi connectivity index (χ0n) is 16.6. The average molecular weight is 488 g/mol. The minimum absolute atomic E-state index is 0.00204. The van der Waals surface area contributed by atoms with E-state index in [9.17, 15) is 26.7 Å². The predicted molar refractivity (Wildman–Crippen MR) is 113 cm³/mol. The number of carbonyl (C=O) groups is 1. The second kappa shape index (κ2) is 8.99. The Kier molecular flexibility index (Phi) is 6.71. The van der Waals surface area contributed by atoms with Gasteiger partial charge in [-0.3, -0.25) is 4.79 Å². The van der Waals surface area contributed by atoms with Crippen LogP contribution < -0.4 is 10.5 Å². The molecule has 3 aromatic rings. The number of halogens is 6. The van der Waals surface area contributed by atoms with Crippen molar-refractivity contribution in [1.82, 2.24) is 0 Å². The first-order valence-electron chi connectivity index (χ1n) is 8.95. The van der Waals surface area contributed by atoms with Crippen LogP contribution in [0.2, 0.25) is 5.02 Å². The van der Waals surface area contributed by atoms with Crippen LogP contribution in [0.3, 0.4) is 0 Å². The van der Waals surface area contributed by atoms with E-state index in [1.807, 2.05) is 0 Å². The van der Waals surface area contributed by atoms with Gasteiger partial charge in [0.15, 0.2) is 0 Å². The lowest BCUT2D eigenvalue weighted by atomic mass is 9.94. The second-order valence-corrected chi connectivity index (χ2v) is 7.96. The molecule has 0 saturated heterocycles. The molecule has 0 aliphatic heterocycles. The molecule has 0 aliphatic carbocycles. The van der Waals surface area contributed by atoms with Gasteiger partial charge < -0.3 is 10.5 Å². The third-order valence-electron chi connectivity index (χ3n) is 4.57. The van der Waals surface area contributed by atoms with E-state index in [0.717, 1.165) is 42.1 Å². The Morgan fingerprint density at radius 1 is 1.09 bits per heavy atom. The molecule has 0 aliphatic rings. The van der Waals surface area contributed by atoms with Crippen molar-refractivity contribution in [3.8, 4) is 22.6 Å². The van der Waals surface area contributed by atoms with Crippen LogP contribution in [0.5, 0.6) is 11.5 Å². The van der Waals surface area contributed by atoms with Crippen molar-refractivity contribution in [2.75, 3.05) is 6.26 Å². The molecule has 0 unspecified atom stereocenters. The van der Waals surface area contributed by atoms with Gasteiger partial charge in [-0.15, -0.1) is 11.8 Å². The maximum Gasteiger partial charge on any atom is 0.418 e. The van der Waals surface area contributed by atoms with E-state index in [-0.39, 0.29) is 21.8 Å². The van der Waals surface area contributed by atoms with E-state index in [1.165, 1.54) is 19.1 Å². The minimum Gasteiger partial charge on any atom is -0.456 e. The summed E-state index contributed by atoms with van der Waals surface area (Å²) in [5.74, 6) is -2.84. The molecule has 3 aromatic carbocycles. The van der Waals surface area contributed by atoms with E-state index in [4.69, 9.17) is 22.1 Å². The number of nitrogens with two attached hydrogens (primary N) is 1. The molecule has 0 bridgehead atoms. The molecule has 0 radical (unpaired) electrons. The number of rotatable bonds is 5. The first-order chi connectivity index (χ1) is 14.9. The van der Waals surface area contributed by atoms with Crippen LogP contribution in [-0.4, -0.2) is 12.2 Å². The molecular formula is C22H15ClF5NO2S. The van der Waals surface area contributed by atoms with Crippen LogP contribution in [0.15, 0.2) is 47.4 Å². The number of ether oxygens (including phenoxy) is 1. The monoisotopic (exact) mass is 487 g/mol. The molecule has 0 aromatic heterocycles. The van der Waals surface area contributed by atoms with Crippen LogP contribution in [0.1, 0.15) is 21.5 Å². The standard InChI is InChI=1S/C22H15ClF5NO2S/c1-10-7-12(24)4-6-16(10)31-20-13(21(29)30)9-14(23)19(22(26,27)28)18(20)11-3-5-15(25)17(8-11)32-2/h3-9H,1-2H3,(H2,29,30). The SMILES string of the molecule is CSc1cc(-c2c(Oc3ccc(F)cc3C)c(C(N)=O)cc(Cl)c2C(F)(F)F)ccc1F. The van der Waals surface area contributed by atoms with Crippen molar-refractivity contribution in [2.24, 2.45) is 5.73 Å². The van der Waals surface area contributed by atoms with Gasteiger partial charge in [0, 0.05) is 10.5 Å². The zero-order chi connectivity index (χ0) is 23.8. The summed E-state index contributed by atoms with van der Waals surface area (Å²) in [6.07, 6.45) is -3.40. The number of hydrogen-bond acceptors (Lipinski definition) is 3. The molecule has 2 N–H and O–H groups in total.